The van der Waals surface area contributed by atoms with Crippen LogP contribution in [0.4, 0.5) is 5.69 Å². The Morgan fingerprint density at radius 2 is 1.72 bits per heavy atom. The van der Waals surface area contributed by atoms with Crippen LogP contribution in [0.2, 0.25) is 0 Å². The molecule has 158 valence electrons. The first kappa shape index (κ1) is 20.1. The summed E-state index contributed by atoms with van der Waals surface area (Å²) in [5, 5.41) is 2.98. The Hall–Kier alpha value is -2.15. The number of hydrogen-bond donors (Lipinski definition) is 1. The summed E-state index contributed by atoms with van der Waals surface area (Å²) < 4.78 is 0. The third-order valence-electron chi connectivity index (χ3n) is 6.59. The fourth-order valence-electron chi connectivity index (χ4n) is 4.71. The number of hydrogen-bond acceptors (Lipinski definition) is 5. The van der Waals surface area contributed by atoms with Gasteiger partial charge in [-0.3, -0.25) is 19.5 Å². The Balaban J connectivity index is 1.29. The lowest BCUT2D eigenvalue weighted by Crippen LogP contribution is -2.50. The van der Waals surface area contributed by atoms with Crippen LogP contribution < -0.4 is 10.2 Å². The normalized spacial score (nSPS) is 25.3. The maximum absolute atomic E-state index is 13.0. The molecule has 0 spiro atoms. The lowest BCUT2D eigenvalue weighted by atomic mass is 10.1. The average Bonchev–Trinajstić information content (AvgIpc) is 3.49. The summed E-state index contributed by atoms with van der Waals surface area (Å²) in [4.78, 5) is 35.3. The van der Waals surface area contributed by atoms with Crippen molar-refractivity contribution in [1.29, 1.82) is 0 Å². The minimum atomic E-state index is 0.0305. The van der Waals surface area contributed by atoms with Gasteiger partial charge < -0.3 is 15.1 Å². The van der Waals surface area contributed by atoms with Crippen molar-refractivity contribution in [2.45, 2.75) is 51.1 Å². The molecule has 3 heterocycles. The summed E-state index contributed by atoms with van der Waals surface area (Å²) in [5.74, 6) is 1.10. The number of carbonyl (C=O) groups is 2. The van der Waals surface area contributed by atoms with Crippen molar-refractivity contribution in [1.82, 2.24) is 20.1 Å². The molecule has 1 N–H and O–H groups in total. The number of nitrogens with zero attached hydrogens (tertiary/aromatic N) is 4. The van der Waals surface area contributed by atoms with Gasteiger partial charge in [-0.2, -0.15) is 0 Å². The lowest BCUT2D eigenvalue weighted by Gasteiger charge is -2.37. The Kier molecular flexibility index (Phi) is 6.33. The molecule has 7 heteroatoms. The van der Waals surface area contributed by atoms with E-state index in [0.29, 0.717) is 25.0 Å². The highest BCUT2D eigenvalue weighted by atomic mass is 16.2. The van der Waals surface area contributed by atoms with E-state index < -0.39 is 0 Å². The van der Waals surface area contributed by atoms with E-state index in [1.165, 1.54) is 18.5 Å². The number of likely N-dealkylation sites (tertiary alicyclic amines) is 1. The standard InChI is InChI=1S/C22H33N5O2/c1-17(28)24-15-21-5-4-20(27(21)16-18-2-3-18)14-22(29)26-12-10-25(11-13-26)19-6-8-23-9-7-19/h6-9,18,20-21H,2-5,10-16H2,1H3,(H,24,28)/t20-,21+/m1/s1. The van der Waals surface area contributed by atoms with Crippen molar-refractivity contribution in [2.24, 2.45) is 5.92 Å². The van der Waals surface area contributed by atoms with Gasteiger partial charge in [-0.1, -0.05) is 0 Å². The molecule has 0 bridgehead atoms. The zero-order valence-electron chi connectivity index (χ0n) is 17.4. The minimum absolute atomic E-state index is 0.0305. The second kappa shape index (κ2) is 9.11. The van der Waals surface area contributed by atoms with Crippen molar-refractivity contribution in [2.75, 3.05) is 44.2 Å². The van der Waals surface area contributed by atoms with Crippen molar-refractivity contribution >= 4 is 17.5 Å². The maximum Gasteiger partial charge on any atom is 0.224 e. The second-order valence-corrected chi connectivity index (χ2v) is 8.74. The molecule has 2 saturated heterocycles. The first-order valence-corrected chi connectivity index (χ1v) is 11.0. The number of piperazine rings is 1. The van der Waals surface area contributed by atoms with Gasteiger partial charge in [-0.05, 0) is 43.7 Å². The van der Waals surface area contributed by atoms with Crippen LogP contribution in [0.25, 0.3) is 0 Å². The Morgan fingerprint density at radius 3 is 2.38 bits per heavy atom. The van der Waals surface area contributed by atoms with Crippen molar-refractivity contribution in [3.8, 4) is 0 Å². The van der Waals surface area contributed by atoms with E-state index in [4.69, 9.17) is 0 Å². The molecule has 1 aliphatic carbocycles. The number of pyridine rings is 1. The van der Waals surface area contributed by atoms with Crippen LogP contribution in [-0.4, -0.2) is 78.0 Å². The van der Waals surface area contributed by atoms with Crippen LogP contribution in [0.15, 0.2) is 24.5 Å². The quantitative estimate of drug-likeness (QED) is 0.753. The van der Waals surface area contributed by atoms with Gasteiger partial charge >= 0.3 is 0 Å². The fraction of sp³-hybridized carbons (Fsp3) is 0.682. The molecule has 1 aromatic heterocycles. The fourth-order valence-corrected chi connectivity index (χ4v) is 4.71. The Bertz CT molecular complexity index is 700. The molecule has 7 nitrogen and oxygen atoms in total. The highest BCUT2D eigenvalue weighted by molar-refractivity contribution is 5.77. The highest BCUT2D eigenvalue weighted by Crippen LogP contribution is 2.35. The van der Waals surface area contributed by atoms with E-state index in [9.17, 15) is 9.59 Å². The predicted molar refractivity (Wildman–Crippen MR) is 113 cm³/mol. The van der Waals surface area contributed by atoms with E-state index in [1.807, 2.05) is 29.4 Å². The van der Waals surface area contributed by atoms with Crippen molar-refractivity contribution < 1.29 is 9.59 Å². The number of amides is 2. The summed E-state index contributed by atoms with van der Waals surface area (Å²) in [6.07, 6.45) is 8.98. The zero-order valence-corrected chi connectivity index (χ0v) is 17.4. The molecule has 3 fully saturated rings. The molecule has 0 aromatic carbocycles. The number of anilines is 1. The summed E-state index contributed by atoms with van der Waals surface area (Å²) in [7, 11) is 0. The van der Waals surface area contributed by atoms with Crippen LogP contribution >= 0.6 is 0 Å². The number of rotatable bonds is 7. The van der Waals surface area contributed by atoms with Gasteiger partial charge in [0.25, 0.3) is 0 Å². The van der Waals surface area contributed by atoms with E-state index in [1.54, 1.807) is 6.92 Å². The molecule has 2 atom stereocenters. The topological polar surface area (TPSA) is 68.8 Å². The molecule has 4 rings (SSSR count). The Labute approximate surface area is 173 Å². The summed E-state index contributed by atoms with van der Waals surface area (Å²) in [5.41, 5.74) is 1.18. The molecule has 1 saturated carbocycles. The van der Waals surface area contributed by atoms with Gasteiger partial charge in [0.1, 0.15) is 0 Å². The van der Waals surface area contributed by atoms with E-state index in [0.717, 1.165) is 51.5 Å². The van der Waals surface area contributed by atoms with E-state index in [-0.39, 0.29) is 11.8 Å². The molecule has 0 unspecified atom stereocenters. The van der Waals surface area contributed by atoms with Gasteiger partial charge in [0.15, 0.2) is 0 Å². The molecular weight excluding hydrogens is 366 g/mol. The van der Waals surface area contributed by atoms with E-state index >= 15 is 0 Å². The number of nitrogens with one attached hydrogen (secondary N) is 1. The van der Waals surface area contributed by atoms with Gasteiger partial charge in [0.2, 0.25) is 11.8 Å². The molecule has 3 aliphatic rings. The number of aromatic nitrogens is 1. The van der Waals surface area contributed by atoms with Gasteiger partial charge in [0, 0.05) is 82.8 Å². The minimum Gasteiger partial charge on any atom is -0.368 e. The molecule has 0 radical (unpaired) electrons. The second-order valence-electron chi connectivity index (χ2n) is 8.74. The van der Waals surface area contributed by atoms with Crippen LogP contribution in [0, 0.1) is 5.92 Å². The number of carbonyl (C=O) groups excluding carboxylic acids is 2. The first-order valence-electron chi connectivity index (χ1n) is 11.0. The summed E-state index contributed by atoms with van der Waals surface area (Å²) in [6, 6.07) is 4.75. The molecule has 29 heavy (non-hydrogen) atoms. The third-order valence-corrected chi connectivity index (χ3v) is 6.59. The smallest absolute Gasteiger partial charge is 0.224 e. The van der Waals surface area contributed by atoms with Crippen LogP contribution in [-0.2, 0) is 9.59 Å². The average molecular weight is 400 g/mol. The monoisotopic (exact) mass is 399 g/mol. The van der Waals surface area contributed by atoms with Crippen molar-refractivity contribution in [3.05, 3.63) is 24.5 Å². The van der Waals surface area contributed by atoms with Gasteiger partial charge in [-0.15, -0.1) is 0 Å². The van der Waals surface area contributed by atoms with Crippen LogP contribution in [0.3, 0.4) is 0 Å². The van der Waals surface area contributed by atoms with Gasteiger partial charge in [0.05, 0.1) is 0 Å². The molecule has 2 amide bonds. The molecule has 1 aromatic rings. The SMILES string of the molecule is CC(=O)NC[C@@H]1CC[C@H](CC(=O)N2CCN(c3ccncc3)CC2)N1CC1CC1. The molecular formula is C22H33N5O2. The predicted octanol–water partition coefficient (Wildman–Crippen LogP) is 1.50. The highest BCUT2D eigenvalue weighted by Gasteiger charge is 2.38. The maximum atomic E-state index is 13.0. The van der Waals surface area contributed by atoms with Crippen molar-refractivity contribution in [3.63, 3.8) is 0 Å². The van der Waals surface area contributed by atoms with Gasteiger partial charge in [-0.25, -0.2) is 0 Å². The summed E-state index contributed by atoms with van der Waals surface area (Å²) >= 11 is 0. The first-order chi connectivity index (χ1) is 14.1. The van der Waals surface area contributed by atoms with Crippen LogP contribution in [0.5, 0.6) is 0 Å². The van der Waals surface area contributed by atoms with Crippen LogP contribution in [0.1, 0.15) is 39.0 Å². The third kappa shape index (κ3) is 5.26. The largest absolute Gasteiger partial charge is 0.368 e. The summed E-state index contributed by atoms with van der Waals surface area (Å²) in [6.45, 7) is 6.68. The lowest BCUT2D eigenvalue weighted by molar-refractivity contribution is -0.132. The zero-order chi connectivity index (χ0) is 20.2. The molecule has 2 aliphatic heterocycles. The van der Waals surface area contributed by atoms with E-state index in [2.05, 4.69) is 20.1 Å². The Morgan fingerprint density at radius 1 is 1.03 bits per heavy atom.